The van der Waals surface area contributed by atoms with Crippen molar-refractivity contribution in [3.8, 4) is 0 Å². The molecule has 10 heteroatoms. The van der Waals surface area contributed by atoms with Gasteiger partial charge in [-0.1, -0.05) is 5.21 Å². The quantitative estimate of drug-likeness (QED) is 0.798. The third-order valence-electron chi connectivity index (χ3n) is 4.13. The average molecular weight is 350 g/mol. The maximum atomic E-state index is 13.9. The fourth-order valence-corrected chi connectivity index (χ4v) is 2.85. The number of aryl methyl sites for hydroxylation is 1. The second-order valence-electron chi connectivity index (χ2n) is 6.24. The lowest BCUT2D eigenvalue weighted by molar-refractivity contribution is 0.0680. The van der Waals surface area contributed by atoms with Crippen LogP contribution in [0.25, 0.3) is 0 Å². The van der Waals surface area contributed by atoms with Gasteiger partial charge in [-0.2, -0.15) is 0 Å². The van der Waals surface area contributed by atoms with Crippen molar-refractivity contribution in [1.29, 1.82) is 0 Å². The Labute approximate surface area is 143 Å². The number of likely N-dealkylation sites (tertiary alicyclic amines) is 1. The molecule has 9 nitrogen and oxygen atoms in total. The van der Waals surface area contributed by atoms with Crippen LogP contribution in [-0.2, 0) is 6.54 Å². The van der Waals surface area contributed by atoms with Gasteiger partial charge in [-0.3, -0.25) is 9.59 Å². The molecule has 1 fully saturated rings. The maximum Gasteiger partial charge on any atom is 0.291 e. The molecule has 0 radical (unpaired) electrons. The van der Waals surface area contributed by atoms with Crippen molar-refractivity contribution in [2.24, 2.45) is 0 Å². The van der Waals surface area contributed by atoms with Crippen LogP contribution in [0.2, 0.25) is 0 Å². The molecule has 134 valence electrons. The molecule has 0 N–H and O–H groups in total. The van der Waals surface area contributed by atoms with E-state index in [1.54, 1.807) is 21.0 Å². The van der Waals surface area contributed by atoms with Gasteiger partial charge in [0.25, 0.3) is 11.8 Å². The summed E-state index contributed by atoms with van der Waals surface area (Å²) in [6.07, 6.45) is 1.76. The fraction of sp³-hybridized carbons (Fsp3) is 0.533. The van der Waals surface area contributed by atoms with Gasteiger partial charge in [-0.05, 0) is 6.92 Å². The number of oxazole rings is 1. The largest absolute Gasteiger partial charge is 0.438 e. The highest BCUT2D eigenvalue weighted by Gasteiger charge is 2.38. The van der Waals surface area contributed by atoms with Gasteiger partial charge in [0.15, 0.2) is 12.1 Å². The Balaban J connectivity index is 1.75. The first-order chi connectivity index (χ1) is 11.9. The SMILES string of the molecule is Cc1ncoc1C(=O)N1C[C@@H](F)C[C@H]1Cn1cc(C(=O)N(C)C)nn1. The summed E-state index contributed by atoms with van der Waals surface area (Å²) in [7, 11) is 3.23. The van der Waals surface area contributed by atoms with Crippen molar-refractivity contribution >= 4 is 11.8 Å². The Morgan fingerprint density at radius 2 is 2.20 bits per heavy atom. The van der Waals surface area contributed by atoms with Crippen molar-refractivity contribution in [2.75, 3.05) is 20.6 Å². The third kappa shape index (κ3) is 3.37. The van der Waals surface area contributed by atoms with E-state index in [0.29, 0.717) is 5.69 Å². The molecular formula is C15H19FN6O3. The average Bonchev–Trinajstić information content (AvgIpc) is 3.27. The lowest BCUT2D eigenvalue weighted by atomic mass is 10.2. The number of amides is 2. The minimum absolute atomic E-state index is 0.0121. The number of alkyl halides is 1. The number of carbonyl (C=O) groups is 2. The van der Waals surface area contributed by atoms with Gasteiger partial charge in [-0.15, -0.1) is 5.10 Å². The molecule has 3 rings (SSSR count). The van der Waals surface area contributed by atoms with Crippen molar-refractivity contribution in [1.82, 2.24) is 29.8 Å². The van der Waals surface area contributed by atoms with E-state index < -0.39 is 18.1 Å². The second kappa shape index (κ2) is 6.61. The van der Waals surface area contributed by atoms with Gasteiger partial charge in [0.1, 0.15) is 6.17 Å². The predicted molar refractivity (Wildman–Crippen MR) is 83.6 cm³/mol. The molecule has 25 heavy (non-hydrogen) atoms. The summed E-state index contributed by atoms with van der Waals surface area (Å²) in [5, 5.41) is 7.73. The normalized spacial score (nSPS) is 20.1. The van der Waals surface area contributed by atoms with Crippen LogP contribution >= 0.6 is 0 Å². The summed E-state index contributed by atoms with van der Waals surface area (Å²) in [5.74, 6) is -0.558. The summed E-state index contributed by atoms with van der Waals surface area (Å²) in [5.41, 5.74) is 0.662. The van der Waals surface area contributed by atoms with Gasteiger partial charge >= 0.3 is 0 Å². The molecule has 0 aromatic carbocycles. The number of hydrogen-bond donors (Lipinski definition) is 0. The zero-order valence-electron chi connectivity index (χ0n) is 14.2. The van der Waals surface area contributed by atoms with Crippen molar-refractivity contribution in [3.05, 3.63) is 29.7 Å². The summed E-state index contributed by atoms with van der Waals surface area (Å²) >= 11 is 0. The van der Waals surface area contributed by atoms with Crippen LogP contribution in [0.1, 0.15) is 33.2 Å². The number of aromatic nitrogens is 4. The molecule has 0 spiro atoms. The number of rotatable bonds is 4. The Bertz CT molecular complexity index is 786. The van der Waals surface area contributed by atoms with E-state index in [0.717, 1.165) is 0 Å². The van der Waals surface area contributed by atoms with Gasteiger partial charge in [0, 0.05) is 20.5 Å². The molecule has 2 aromatic rings. The highest BCUT2D eigenvalue weighted by atomic mass is 19.1. The van der Waals surface area contributed by atoms with Crippen LogP contribution in [0.3, 0.4) is 0 Å². The molecule has 1 saturated heterocycles. The van der Waals surface area contributed by atoms with E-state index in [9.17, 15) is 14.0 Å². The zero-order chi connectivity index (χ0) is 18.1. The molecule has 0 aliphatic carbocycles. The highest BCUT2D eigenvalue weighted by Crippen LogP contribution is 2.24. The first-order valence-corrected chi connectivity index (χ1v) is 7.83. The number of halogens is 1. The summed E-state index contributed by atoms with van der Waals surface area (Å²) in [4.78, 5) is 31.2. The first kappa shape index (κ1) is 17.1. The first-order valence-electron chi connectivity index (χ1n) is 7.83. The Morgan fingerprint density at radius 1 is 1.44 bits per heavy atom. The van der Waals surface area contributed by atoms with E-state index in [4.69, 9.17) is 4.42 Å². The Hall–Kier alpha value is -2.78. The van der Waals surface area contributed by atoms with E-state index >= 15 is 0 Å². The minimum Gasteiger partial charge on any atom is -0.438 e. The van der Waals surface area contributed by atoms with E-state index in [1.165, 1.54) is 27.1 Å². The fourth-order valence-electron chi connectivity index (χ4n) is 2.85. The molecule has 0 bridgehead atoms. The van der Waals surface area contributed by atoms with Gasteiger partial charge in [-0.25, -0.2) is 14.1 Å². The monoisotopic (exact) mass is 350 g/mol. The molecule has 2 amide bonds. The van der Waals surface area contributed by atoms with Crippen molar-refractivity contribution in [2.45, 2.75) is 32.1 Å². The molecule has 1 aliphatic heterocycles. The van der Waals surface area contributed by atoms with Gasteiger partial charge in [0.2, 0.25) is 5.76 Å². The standard InChI is InChI=1S/C15H19FN6O3/c1-9-13(25-8-17-9)15(24)22-5-10(16)4-11(22)6-21-7-12(18-19-21)14(23)20(2)3/h7-8,10-11H,4-6H2,1-3H3/t10-,11-/m0/s1. The van der Waals surface area contributed by atoms with Crippen LogP contribution in [0.15, 0.2) is 17.0 Å². The van der Waals surface area contributed by atoms with Gasteiger partial charge in [0.05, 0.1) is 31.0 Å². The summed E-state index contributed by atoms with van der Waals surface area (Å²) in [6, 6.07) is -0.406. The molecule has 2 atom stereocenters. The highest BCUT2D eigenvalue weighted by molar-refractivity contribution is 5.93. The van der Waals surface area contributed by atoms with Crippen LogP contribution in [0.4, 0.5) is 4.39 Å². The van der Waals surface area contributed by atoms with E-state index in [1.807, 2.05) is 0 Å². The zero-order valence-corrected chi connectivity index (χ0v) is 14.2. The summed E-state index contributed by atoms with van der Waals surface area (Å²) in [6.45, 7) is 1.89. The lowest BCUT2D eigenvalue weighted by Gasteiger charge is -2.23. The third-order valence-corrected chi connectivity index (χ3v) is 4.13. The lowest BCUT2D eigenvalue weighted by Crippen LogP contribution is -2.38. The number of carbonyl (C=O) groups excluding carboxylic acids is 2. The van der Waals surface area contributed by atoms with Gasteiger partial charge < -0.3 is 14.2 Å². The van der Waals surface area contributed by atoms with Crippen molar-refractivity contribution < 1.29 is 18.4 Å². The summed E-state index contributed by atoms with van der Waals surface area (Å²) < 4.78 is 20.5. The Morgan fingerprint density at radius 3 is 2.84 bits per heavy atom. The van der Waals surface area contributed by atoms with E-state index in [-0.39, 0.29) is 36.9 Å². The van der Waals surface area contributed by atoms with Crippen LogP contribution < -0.4 is 0 Å². The molecule has 0 saturated carbocycles. The molecular weight excluding hydrogens is 331 g/mol. The van der Waals surface area contributed by atoms with Crippen LogP contribution in [0.5, 0.6) is 0 Å². The minimum atomic E-state index is -1.12. The molecule has 2 aromatic heterocycles. The van der Waals surface area contributed by atoms with E-state index in [2.05, 4.69) is 15.3 Å². The van der Waals surface area contributed by atoms with Crippen LogP contribution in [-0.4, -0.2) is 74.4 Å². The number of hydrogen-bond acceptors (Lipinski definition) is 6. The Kier molecular flexibility index (Phi) is 4.51. The molecule has 0 unspecified atom stereocenters. The number of nitrogens with zero attached hydrogens (tertiary/aromatic N) is 6. The molecule has 3 heterocycles. The second-order valence-corrected chi connectivity index (χ2v) is 6.24. The topological polar surface area (TPSA) is 97.4 Å². The molecule has 1 aliphatic rings. The maximum absolute atomic E-state index is 13.9. The van der Waals surface area contributed by atoms with Crippen LogP contribution in [0, 0.1) is 6.92 Å². The van der Waals surface area contributed by atoms with Crippen molar-refractivity contribution in [3.63, 3.8) is 0 Å². The smallest absolute Gasteiger partial charge is 0.291 e. The predicted octanol–water partition coefficient (Wildman–Crippen LogP) is 0.529.